The van der Waals surface area contributed by atoms with Gasteiger partial charge in [-0.05, 0) is 31.6 Å². The Morgan fingerprint density at radius 3 is 2.48 bits per heavy atom. The average molecular weight is 348 g/mol. The van der Waals surface area contributed by atoms with Crippen molar-refractivity contribution in [2.75, 3.05) is 0 Å². The van der Waals surface area contributed by atoms with Gasteiger partial charge in [0.25, 0.3) is 5.54 Å². The van der Waals surface area contributed by atoms with Crippen LogP contribution in [0, 0.1) is 16.0 Å². The summed E-state index contributed by atoms with van der Waals surface area (Å²) in [4.78, 5) is 22.8. The van der Waals surface area contributed by atoms with Crippen LogP contribution < -0.4 is 5.32 Å². The topological polar surface area (TPSA) is 133 Å². The minimum absolute atomic E-state index is 0.0477. The van der Waals surface area contributed by atoms with E-state index in [9.17, 15) is 30.2 Å². The lowest BCUT2D eigenvalue weighted by Gasteiger charge is -2.32. The number of allylic oxidation sites excluding steroid dienone is 6. The minimum atomic E-state index is -1.91. The van der Waals surface area contributed by atoms with E-state index in [1.54, 1.807) is 26.0 Å². The van der Waals surface area contributed by atoms with Crippen LogP contribution in [0.5, 0.6) is 0 Å². The van der Waals surface area contributed by atoms with Gasteiger partial charge in [0, 0.05) is 34.7 Å². The number of hydrogen-bond donors (Lipinski definition) is 4. The molecule has 0 saturated heterocycles. The predicted molar refractivity (Wildman–Crippen MR) is 89.6 cm³/mol. The van der Waals surface area contributed by atoms with Crippen molar-refractivity contribution in [3.63, 3.8) is 0 Å². The maximum atomic E-state index is 11.8. The molecule has 0 fully saturated rings. The number of aliphatic hydroxyl groups excluding tert-OH is 1. The van der Waals surface area contributed by atoms with Crippen LogP contribution >= 0.6 is 0 Å². The number of nitrogens with one attached hydrogen (secondary N) is 1. The molecular formula is C17H20N2O6. The van der Waals surface area contributed by atoms with Crippen molar-refractivity contribution in [2.24, 2.45) is 5.92 Å². The lowest BCUT2D eigenvalue weighted by atomic mass is 9.78. The monoisotopic (exact) mass is 348 g/mol. The molecule has 2 rings (SSSR count). The van der Waals surface area contributed by atoms with Crippen molar-refractivity contribution >= 4 is 5.97 Å². The number of dihydropyridines is 1. The molecule has 0 saturated carbocycles. The molecule has 2 atom stereocenters. The third-order valence-corrected chi connectivity index (χ3v) is 4.34. The van der Waals surface area contributed by atoms with E-state index in [2.05, 4.69) is 5.32 Å². The Morgan fingerprint density at radius 2 is 1.96 bits per heavy atom. The molecular weight excluding hydrogens is 328 g/mol. The molecule has 25 heavy (non-hydrogen) atoms. The third-order valence-electron chi connectivity index (χ3n) is 4.34. The smallest absolute Gasteiger partial charge is 0.334 e. The zero-order valence-corrected chi connectivity index (χ0v) is 14.1. The van der Waals surface area contributed by atoms with Gasteiger partial charge in [-0.2, -0.15) is 0 Å². The highest BCUT2D eigenvalue weighted by molar-refractivity contribution is 5.90. The fourth-order valence-electron chi connectivity index (χ4n) is 3.13. The van der Waals surface area contributed by atoms with Gasteiger partial charge in [-0.25, -0.2) is 4.79 Å². The zero-order chi connectivity index (χ0) is 18.9. The Hall–Kier alpha value is -2.71. The molecule has 8 heteroatoms. The molecule has 1 aliphatic heterocycles. The van der Waals surface area contributed by atoms with Crippen molar-refractivity contribution in [1.82, 2.24) is 5.32 Å². The summed E-state index contributed by atoms with van der Waals surface area (Å²) in [6.07, 6.45) is 5.44. The molecule has 0 radical (unpaired) electrons. The fraction of sp³-hybridized carbons (Fsp3) is 0.353. The molecule has 8 nitrogen and oxygen atoms in total. The van der Waals surface area contributed by atoms with Gasteiger partial charge in [0.1, 0.15) is 0 Å². The first-order valence-electron chi connectivity index (χ1n) is 7.59. The van der Waals surface area contributed by atoms with E-state index in [0.717, 1.165) is 0 Å². The number of aliphatic hydroxyl groups is 2. The van der Waals surface area contributed by atoms with Crippen LogP contribution in [-0.4, -0.2) is 38.0 Å². The molecule has 4 N–H and O–H groups in total. The summed E-state index contributed by atoms with van der Waals surface area (Å²) in [7, 11) is 0. The summed E-state index contributed by atoms with van der Waals surface area (Å²) in [6, 6.07) is 0. The summed E-state index contributed by atoms with van der Waals surface area (Å²) in [5.41, 5.74) is -0.528. The molecule has 0 aromatic carbocycles. The maximum Gasteiger partial charge on any atom is 0.334 e. The van der Waals surface area contributed by atoms with Gasteiger partial charge in [0.2, 0.25) is 0 Å². The Balaban J connectivity index is 2.72. The molecule has 1 heterocycles. The number of hydrogen-bond acceptors (Lipinski definition) is 6. The first-order valence-corrected chi connectivity index (χ1v) is 7.59. The summed E-state index contributed by atoms with van der Waals surface area (Å²) >= 11 is 0. The van der Waals surface area contributed by atoms with Gasteiger partial charge < -0.3 is 20.6 Å². The Kier molecular flexibility index (Phi) is 4.96. The van der Waals surface area contributed by atoms with Crippen LogP contribution in [0.2, 0.25) is 0 Å². The summed E-state index contributed by atoms with van der Waals surface area (Å²) in [5.74, 6) is -2.26. The second kappa shape index (κ2) is 6.66. The second-order valence-electron chi connectivity index (χ2n) is 6.20. The molecule has 2 unspecified atom stereocenters. The molecule has 0 bridgehead atoms. The number of carboxylic acid groups (broad SMARTS) is 1. The fourth-order valence-corrected chi connectivity index (χ4v) is 3.13. The molecule has 0 spiro atoms. The highest BCUT2D eigenvalue weighted by Crippen LogP contribution is 2.39. The van der Waals surface area contributed by atoms with Gasteiger partial charge in [-0.15, -0.1) is 0 Å². The first-order chi connectivity index (χ1) is 11.6. The number of carboxylic acids is 1. The van der Waals surface area contributed by atoms with E-state index < -0.39 is 28.6 Å². The maximum absolute atomic E-state index is 11.8. The number of carbonyl (C=O) groups is 1. The standard InChI is InChI=1S/C17H20N2O6/c1-9-12(15(20)21)14(13(16(22)23)10(2)18-9)11-6-4-5-7-17(3,8-11)19(24)25/h4-8,14-15,18,20-21H,1-3H3,(H,22,23). The SMILES string of the molecule is CC1=C(C(=O)O)C(C2=CC(C)([N+](=O)[O-])C=CC=C2)C(C(O)O)=C(C)N1. The van der Waals surface area contributed by atoms with Crippen molar-refractivity contribution < 1.29 is 25.0 Å². The van der Waals surface area contributed by atoms with Crippen molar-refractivity contribution in [2.45, 2.75) is 32.6 Å². The summed E-state index contributed by atoms with van der Waals surface area (Å²) in [5, 5.41) is 43.5. The van der Waals surface area contributed by atoms with E-state index in [0.29, 0.717) is 17.0 Å². The highest BCUT2D eigenvalue weighted by atomic mass is 16.6. The highest BCUT2D eigenvalue weighted by Gasteiger charge is 2.40. The predicted octanol–water partition coefficient (Wildman–Crippen LogP) is 1.24. The molecule has 0 aromatic rings. The average Bonchev–Trinajstić information content (AvgIpc) is 2.68. The Labute approximate surface area is 144 Å². The molecule has 0 amide bonds. The van der Waals surface area contributed by atoms with Crippen LogP contribution in [0.1, 0.15) is 20.8 Å². The van der Waals surface area contributed by atoms with Crippen LogP contribution in [0.15, 0.2) is 58.5 Å². The van der Waals surface area contributed by atoms with Gasteiger partial charge in [-0.3, -0.25) is 10.1 Å². The Bertz CT molecular complexity index is 772. The molecule has 0 aromatic heterocycles. The number of nitro groups is 1. The van der Waals surface area contributed by atoms with E-state index in [1.807, 2.05) is 0 Å². The molecule has 134 valence electrons. The van der Waals surface area contributed by atoms with Crippen LogP contribution in [0.3, 0.4) is 0 Å². The minimum Gasteiger partial charge on any atom is -0.478 e. The van der Waals surface area contributed by atoms with E-state index >= 15 is 0 Å². The molecule has 1 aliphatic carbocycles. The van der Waals surface area contributed by atoms with E-state index in [1.165, 1.54) is 25.2 Å². The second-order valence-corrected chi connectivity index (χ2v) is 6.20. The van der Waals surface area contributed by atoms with Crippen molar-refractivity contribution in [3.05, 3.63) is 68.6 Å². The third kappa shape index (κ3) is 3.40. The normalized spacial score (nSPS) is 26.5. The van der Waals surface area contributed by atoms with Crippen LogP contribution in [-0.2, 0) is 4.79 Å². The number of aliphatic carboxylic acids is 1. The van der Waals surface area contributed by atoms with E-state index in [-0.39, 0.29) is 11.1 Å². The van der Waals surface area contributed by atoms with Crippen LogP contribution in [0.4, 0.5) is 0 Å². The zero-order valence-electron chi connectivity index (χ0n) is 14.1. The quantitative estimate of drug-likeness (QED) is 0.341. The number of rotatable bonds is 4. The lowest BCUT2D eigenvalue weighted by molar-refractivity contribution is -0.535. The van der Waals surface area contributed by atoms with Gasteiger partial charge in [0.15, 0.2) is 6.29 Å². The first kappa shape index (κ1) is 18.6. The van der Waals surface area contributed by atoms with E-state index in [4.69, 9.17) is 0 Å². The number of nitrogens with zero attached hydrogens (tertiary/aromatic N) is 1. The Morgan fingerprint density at radius 1 is 1.32 bits per heavy atom. The lowest BCUT2D eigenvalue weighted by Crippen LogP contribution is -2.36. The summed E-state index contributed by atoms with van der Waals surface area (Å²) < 4.78 is 0. The van der Waals surface area contributed by atoms with Crippen LogP contribution in [0.25, 0.3) is 0 Å². The molecule has 2 aliphatic rings. The van der Waals surface area contributed by atoms with Crippen molar-refractivity contribution in [3.8, 4) is 0 Å². The van der Waals surface area contributed by atoms with Gasteiger partial charge >= 0.3 is 5.97 Å². The summed E-state index contributed by atoms with van der Waals surface area (Å²) in [6.45, 7) is 4.54. The van der Waals surface area contributed by atoms with Crippen molar-refractivity contribution in [1.29, 1.82) is 0 Å². The van der Waals surface area contributed by atoms with Gasteiger partial charge in [-0.1, -0.05) is 18.2 Å². The largest absolute Gasteiger partial charge is 0.478 e. The van der Waals surface area contributed by atoms with Gasteiger partial charge in [0.05, 0.1) is 5.57 Å².